The van der Waals surface area contributed by atoms with Crippen LogP contribution in [0.3, 0.4) is 0 Å². The fourth-order valence-corrected chi connectivity index (χ4v) is 5.78. The Kier molecular flexibility index (Phi) is 9.26. The second-order valence-corrected chi connectivity index (χ2v) is 12.4. The number of aromatic nitrogens is 4. The molecule has 0 radical (unpaired) electrons. The van der Waals surface area contributed by atoms with Gasteiger partial charge in [-0.2, -0.15) is 23.3 Å². The average molecular weight is 646 g/mol. The molecule has 0 saturated heterocycles. The van der Waals surface area contributed by atoms with E-state index in [2.05, 4.69) is 31.0 Å². The summed E-state index contributed by atoms with van der Waals surface area (Å²) >= 11 is 0. The molecule has 0 spiro atoms. The van der Waals surface area contributed by atoms with Crippen molar-refractivity contribution in [3.05, 3.63) is 77.7 Å². The lowest BCUT2D eigenvalue weighted by atomic mass is 9.93. The van der Waals surface area contributed by atoms with Crippen LogP contribution in [0.4, 0.5) is 36.3 Å². The molecule has 2 aromatic carbocycles. The van der Waals surface area contributed by atoms with Gasteiger partial charge < -0.3 is 30.8 Å². The van der Waals surface area contributed by atoms with Gasteiger partial charge in [-0.05, 0) is 61.1 Å². The van der Waals surface area contributed by atoms with Gasteiger partial charge in [0.2, 0.25) is 5.95 Å². The number of halogens is 3. The molecule has 4 aromatic rings. The number of aliphatic hydroxyl groups is 1. The summed E-state index contributed by atoms with van der Waals surface area (Å²) in [6, 6.07) is 10.7. The molecule has 1 amide bonds. The quantitative estimate of drug-likeness (QED) is 0.130. The molecule has 2 aromatic heterocycles. The van der Waals surface area contributed by atoms with Crippen LogP contribution < -0.4 is 16.0 Å². The third-order valence-corrected chi connectivity index (χ3v) is 8.19. The minimum Gasteiger partial charge on any atom is -0.393 e. The van der Waals surface area contributed by atoms with E-state index >= 15 is 0 Å². The Morgan fingerprint density at radius 3 is 2.38 bits per heavy atom. The smallest absolute Gasteiger partial charge is 0.393 e. The first-order valence-electron chi connectivity index (χ1n) is 14.0. The van der Waals surface area contributed by atoms with Crippen LogP contribution in [0.1, 0.15) is 53.2 Å². The zero-order chi connectivity index (χ0) is 32.4. The molecule has 45 heavy (non-hydrogen) atoms. The highest BCUT2D eigenvalue weighted by molar-refractivity contribution is 7.50. The average Bonchev–Trinajstić information content (AvgIpc) is 3.47. The number of alkyl halides is 3. The molecule has 12 nitrogen and oxygen atoms in total. The fourth-order valence-electron chi connectivity index (χ4n) is 5.10. The summed E-state index contributed by atoms with van der Waals surface area (Å²) in [4.78, 5) is 39.0. The molecule has 238 valence electrons. The molecular formula is C29H31F3N7O5P. The van der Waals surface area contributed by atoms with E-state index < -0.39 is 37.2 Å². The molecule has 16 heteroatoms. The third-order valence-electron chi connectivity index (χ3n) is 7.41. The Hall–Kier alpha value is -4.30. The second kappa shape index (κ2) is 13.0. The predicted molar refractivity (Wildman–Crippen MR) is 160 cm³/mol. The Morgan fingerprint density at radius 1 is 1.02 bits per heavy atom. The molecule has 6 N–H and O–H groups in total. The molecule has 2 heterocycles. The van der Waals surface area contributed by atoms with E-state index in [0.717, 1.165) is 12.8 Å². The van der Waals surface area contributed by atoms with Crippen molar-refractivity contribution in [3.8, 4) is 11.1 Å². The molecule has 0 atom stereocenters. The number of benzene rings is 2. The molecule has 1 fully saturated rings. The highest BCUT2D eigenvalue weighted by Crippen LogP contribution is 2.40. The van der Waals surface area contributed by atoms with Gasteiger partial charge in [0.05, 0.1) is 35.8 Å². The van der Waals surface area contributed by atoms with Crippen LogP contribution in [0.25, 0.3) is 11.1 Å². The summed E-state index contributed by atoms with van der Waals surface area (Å²) in [5.74, 6) is -1.32. The minimum absolute atomic E-state index is 0.0729. The number of carbonyl (C=O) groups excluding carboxylic acids is 1. The second-order valence-electron chi connectivity index (χ2n) is 10.7. The maximum absolute atomic E-state index is 14.0. The molecule has 1 aliphatic carbocycles. The Bertz CT molecular complexity index is 1720. The lowest BCUT2D eigenvalue weighted by Crippen LogP contribution is -2.21. The monoisotopic (exact) mass is 645 g/mol. The van der Waals surface area contributed by atoms with Crippen molar-refractivity contribution in [1.29, 1.82) is 0 Å². The predicted octanol–water partition coefficient (Wildman–Crippen LogP) is 5.36. The molecular weight excluding hydrogens is 614 g/mol. The number of amides is 1. The maximum atomic E-state index is 14.0. The van der Waals surface area contributed by atoms with Gasteiger partial charge in [-0.3, -0.25) is 14.0 Å². The molecule has 5 rings (SSSR count). The summed E-state index contributed by atoms with van der Waals surface area (Å²) in [5.41, 5.74) is 1.08. The topological polar surface area (TPSA) is 175 Å². The van der Waals surface area contributed by atoms with Gasteiger partial charge in [-0.15, -0.1) is 0 Å². The van der Waals surface area contributed by atoms with E-state index in [1.807, 2.05) is 10.9 Å². The van der Waals surface area contributed by atoms with Gasteiger partial charge in [-0.1, -0.05) is 18.2 Å². The van der Waals surface area contributed by atoms with E-state index in [1.54, 1.807) is 18.3 Å². The number of nitrogens with one attached hydrogen (secondary N) is 3. The third kappa shape index (κ3) is 8.05. The number of anilines is 4. The van der Waals surface area contributed by atoms with E-state index in [0.29, 0.717) is 41.4 Å². The lowest BCUT2D eigenvalue weighted by Gasteiger charge is -2.25. The summed E-state index contributed by atoms with van der Waals surface area (Å²) < 4.78 is 55.0. The van der Waals surface area contributed by atoms with Gasteiger partial charge in [0.1, 0.15) is 11.4 Å². The van der Waals surface area contributed by atoms with E-state index in [9.17, 15) is 27.6 Å². The summed E-state index contributed by atoms with van der Waals surface area (Å²) in [6.45, 7) is 0. The van der Waals surface area contributed by atoms with Crippen molar-refractivity contribution in [3.63, 3.8) is 0 Å². The van der Waals surface area contributed by atoms with Crippen molar-refractivity contribution in [2.45, 2.75) is 50.2 Å². The highest BCUT2D eigenvalue weighted by atomic mass is 31.2. The van der Waals surface area contributed by atoms with Gasteiger partial charge in [0.25, 0.3) is 5.91 Å². The van der Waals surface area contributed by atoms with Crippen molar-refractivity contribution in [2.24, 2.45) is 0 Å². The summed E-state index contributed by atoms with van der Waals surface area (Å²) in [7, 11) is -2.86. The van der Waals surface area contributed by atoms with Crippen LogP contribution in [0.2, 0.25) is 0 Å². The van der Waals surface area contributed by atoms with Gasteiger partial charge >= 0.3 is 13.8 Å². The first-order valence-corrected chi connectivity index (χ1v) is 15.8. The largest absolute Gasteiger partial charge is 0.421 e. The first kappa shape index (κ1) is 32.1. The van der Waals surface area contributed by atoms with Gasteiger partial charge in [-0.25, -0.2) is 4.98 Å². The number of hydrogen-bond acceptors (Lipinski definition) is 8. The van der Waals surface area contributed by atoms with Crippen LogP contribution >= 0.6 is 7.60 Å². The maximum Gasteiger partial charge on any atom is 0.421 e. The molecule has 1 aliphatic rings. The van der Waals surface area contributed by atoms with Crippen LogP contribution in [0, 0.1) is 0 Å². The van der Waals surface area contributed by atoms with Crippen molar-refractivity contribution >= 4 is 36.6 Å². The number of aliphatic hydroxyl groups excluding tert-OH is 1. The molecule has 1 saturated carbocycles. The minimum atomic E-state index is -4.82. The Balaban J connectivity index is 1.42. The van der Waals surface area contributed by atoms with E-state index in [4.69, 9.17) is 9.79 Å². The standard InChI is InChI=1S/C29H31F3N7O5P/c1-33-27(41)23-12-18(19-13-35-39(15-19)21-7-9-22(40)10-8-21)4-11-25(23)37-26-24(29(30,31)32)14-34-28(38-26)36-20-5-2-17(3-6-20)16-45(42,43)44/h2-6,11-15,21-22,40H,7-10,16H2,1H3,(H,33,41)(H2,42,43,44)(H2,34,36,37,38). The van der Waals surface area contributed by atoms with E-state index in [-0.39, 0.29) is 29.3 Å². The van der Waals surface area contributed by atoms with Crippen molar-refractivity contribution in [2.75, 3.05) is 17.7 Å². The number of hydrogen-bond donors (Lipinski definition) is 6. The van der Waals surface area contributed by atoms with Crippen LogP contribution in [0.5, 0.6) is 0 Å². The number of nitrogens with zero attached hydrogens (tertiary/aromatic N) is 4. The summed E-state index contributed by atoms with van der Waals surface area (Å²) in [5, 5.41) is 22.2. The van der Waals surface area contributed by atoms with Gasteiger partial charge in [0, 0.05) is 30.7 Å². The summed E-state index contributed by atoms with van der Waals surface area (Å²) in [6.07, 6.45) is 1.49. The number of carbonyl (C=O) groups is 1. The zero-order valence-corrected chi connectivity index (χ0v) is 24.9. The lowest BCUT2D eigenvalue weighted by molar-refractivity contribution is -0.137. The highest BCUT2D eigenvalue weighted by Gasteiger charge is 2.36. The fraction of sp³-hybridized carbons (Fsp3) is 0.310. The van der Waals surface area contributed by atoms with Crippen molar-refractivity contribution in [1.82, 2.24) is 25.1 Å². The zero-order valence-electron chi connectivity index (χ0n) is 24.0. The Labute approximate surface area is 255 Å². The van der Waals surface area contributed by atoms with Gasteiger partial charge in [0.15, 0.2) is 0 Å². The molecule has 0 aliphatic heterocycles. The van der Waals surface area contributed by atoms with Crippen LogP contribution in [-0.4, -0.2) is 53.7 Å². The number of rotatable bonds is 9. The molecule has 0 unspecified atom stereocenters. The van der Waals surface area contributed by atoms with Crippen LogP contribution in [-0.2, 0) is 16.9 Å². The normalized spacial score (nSPS) is 17.1. The first-order chi connectivity index (χ1) is 21.3. The Morgan fingerprint density at radius 2 is 1.73 bits per heavy atom. The van der Waals surface area contributed by atoms with Crippen LogP contribution in [0.15, 0.2) is 61.1 Å². The van der Waals surface area contributed by atoms with E-state index in [1.165, 1.54) is 37.4 Å². The SMILES string of the molecule is CNC(=O)c1cc(-c2cnn(C3CCC(O)CC3)c2)ccc1Nc1nc(Nc2ccc(CP(=O)(O)O)cc2)ncc1C(F)(F)F. The van der Waals surface area contributed by atoms with Crippen molar-refractivity contribution < 1.29 is 37.4 Å². The molecule has 0 bridgehead atoms.